The van der Waals surface area contributed by atoms with Crippen LogP contribution in [0, 0.1) is 0 Å². The second kappa shape index (κ2) is 7.59. The summed E-state index contributed by atoms with van der Waals surface area (Å²) in [4.78, 5) is 12.7. The molecular formula is C16H18N2O2S. The lowest BCUT2D eigenvalue weighted by Crippen LogP contribution is -2.25. The Labute approximate surface area is 128 Å². The largest absolute Gasteiger partial charge is 0.484 e. The fraction of sp³-hybridized carbons (Fsp3) is 0.250. The zero-order valence-corrected chi connectivity index (χ0v) is 12.9. The average Bonchev–Trinajstić information content (AvgIpc) is 3.05. The van der Waals surface area contributed by atoms with Gasteiger partial charge >= 0.3 is 0 Å². The molecule has 1 N–H and O–H groups in total. The van der Waals surface area contributed by atoms with E-state index in [1.54, 1.807) is 11.3 Å². The van der Waals surface area contributed by atoms with Crippen molar-refractivity contribution in [2.24, 2.45) is 5.10 Å². The van der Waals surface area contributed by atoms with Gasteiger partial charge in [0.05, 0.1) is 5.71 Å². The maximum Gasteiger partial charge on any atom is 0.277 e. The summed E-state index contributed by atoms with van der Waals surface area (Å²) in [5, 5.41) is 6.03. The third-order valence-electron chi connectivity index (χ3n) is 2.93. The first-order valence-corrected chi connectivity index (χ1v) is 7.65. The van der Waals surface area contributed by atoms with E-state index in [4.69, 9.17) is 4.74 Å². The van der Waals surface area contributed by atoms with Crippen molar-refractivity contribution >= 4 is 23.0 Å². The molecule has 0 fully saturated rings. The third-order valence-corrected chi connectivity index (χ3v) is 3.91. The van der Waals surface area contributed by atoms with E-state index < -0.39 is 0 Å². The van der Waals surface area contributed by atoms with Gasteiger partial charge in [-0.05, 0) is 42.5 Å². The second-order valence-corrected chi connectivity index (χ2v) is 5.44. The molecule has 2 aromatic rings. The average molecular weight is 302 g/mol. The SMILES string of the molecule is CCc1ccc(OCC(=O)N/N=C(/C)c2cccs2)cc1. The lowest BCUT2D eigenvalue weighted by Gasteiger charge is -2.06. The van der Waals surface area contributed by atoms with Gasteiger partial charge in [0.15, 0.2) is 6.61 Å². The molecule has 0 saturated heterocycles. The predicted octanol–water partition coefficient (Wildman–Crippen LogP) is 3.23. The van der Waals surface area contributed by atoms with Crippen molar-refractivity contribution in [3.8, 4) is 5.75 Å². The molecule has 0 radical (unpaired) electrons. The summed E-state index contributed by atoms with van der Waals surface area (Å²) >= 11 is 1.58. The number of nitrogens with one attached hydrogen (secondary N) is 1. The number of thiophene rings is 1. The number of hydrazone groups is 1. The van der Waals surface area contributed by atoms with E-state index in [-0.39, 0.29) is 12.5 Å². The molecule has 0 spiro atoms. The Kier molecular flexibility index (Phi) is 5.51. The van der Waals surface area contributed by atoms with Crippen molar-refractivity contribution in [2.45, 2.75) is 20.3 Å². The molecule has 4 nitrogen and oxygen atoms in total. The van der Waals surface area contributed by atoms with Gasteiger partial charge in [-0.25, -0.2) is 5.43 Å². The topological polar surface area (TPSA) is 50.7 Å². The highest BCUT2D eigenvalue weighted by molar-refractivity contribution is 7.12. The van der Waals surface area contributed by atoms with Gasteiger partial charge in [0.1, 0.15) is 5.75 Å². The van der Waals surface area contributed by atoms with Crippen LogP contribution in [0.4, 0.5) is 0 Å². The number of rotatable bonds is 6. The molecule has 2 rings (SSSR count). The zero-order valence-electron chi connectivity index (χ0n) is 12.1. The van der Waals surface area contributed by atoms with Crippen LogP contribution in [0.5, 0.6) is 5.75 Å². The standard InChI is InChI=1S/C16H18N2O2S/c1-3-13-6-8-14(9-7-13)20-11-16(19)18-17-12(2)15-5-4-10-21-15/h4-10H,3,11H2,1-2H3,(H,18,19)/b17-12-. The van der Waals surface area contributed by atoms with E-state index in [0.717, 1.165) is 17.0 Å². The Morgan fingerprint density at radius 3 is 2.67 bits per heavy atom. The van der Waals surface area contributed by atoms with Crippen LogP contribution in [0.25, 0.3) is 0 Å². The lowest BCUT2D eigenvalue weighted by atomic mass is 10.2. The van der Waals surface area contributed by atoms with Crippen molar-refractivity contribution in [3.05, 3.63) is 52.2 Å². The molecule has 1 aromatic heterocycles. The first-order valence-electron chi connectivity index (χ1n) is 6.77. The molecule has 1 amide bonds. The lowest BCUT2D eigenvalue weighted by molar-refractivity contribution is -0.123. The quantitative estimate of drug-likeness (QED) is 0.658. The minimum Gasteiger partial charge on any atom is -0.484 e. The number of aryl methyl sites for hydroxylation is 1. The number of hydrogen-bond acceptors (Lipinski definition) is 4. The summed E-state index contributed by atoms with van der Waals surface area (Å²) in [6.45, 7) is 3.90. The minimum absolute atomic E-state index is 0.0489. The molecule has 0 unspecified atom stereocenters. The summed E-state index contributed by atoms with van der Waals surface area (Å²) in [6, 6.07) is 11.6. The van der Waals surface area contributed by atoms with E-state index in [0.29, 0.717) is 5.75 Å². The van der Waals surface area contributed by atoms with E-state index in [1.165, 1.54) is 5.56 Å². The van der Waals surface area contributed by atoms with Crippen LogP contribution >= 0.6 is 11.3 Å². The molecule has 21 heavy (non-hydrogen) atoms. The molecule has 0 atom stereocenters. The smallest absolute Gasteiger partial charge is 0.277 e. The van der Waals surface area contributed by atoms with Crippen LogP contribution in [0.1, 0.15) is 24.3 Å². The summed E-state index contributed by atoms with van der Waals surface area (Å²) in [6.07, 6.45) is 0.984. The highest BCUT2D eigenvalue weighted by Gasteiger charge is 2.03. The number of carbonyl (C=O) groups excluding carboxylic acids is 1. The van der Waals surface area contributed by atoms with Crippen LogP contribution < -0.4 is 10.2 Å². The molecule has 1 heterocycles. The molecular weight excluding hydrogens is 284 g/mol. The fourth-order valence-electron chi connectivity index (χ4n) is 1.69. The summed E-state index contributed by atoms with van der Waals surface area (Å²) in [7, 11) is 0. The molecule has 5 heteroatoms. The number of ether oxygens (including phenoxy) is 1. The van der Waals surface area contributed by atoms with Crippen molar-refractivity contribution in [3.63, 3.8) is 0 Å². The van der Waals surface area contributed by atoms with Crippen molar-refractivity contribution in [2.75, 3.05) is 6.61 Å². The Morgan fingerprint density at radius 2 is 2.05 bits per heavy atom. The number of hydrogen-bond donors (Lipinski definition) is 1. The van der Waals surface area contributed by atoms with Crippen molar-refractivity contribution in [1.29, 1.82) is 0 Å². The van der Waals surface area contributed by atoms with Gasteiger partial charge in [0.25, 0.3) is 5.91 Å². The monoisotopic (exact) mass is 302 g/mol. The Balaban J connectivity index is 1.80. The highest BCUT2D eigenvalue weighted by atomic mass is 32.1. The van der Waals surface area contributed by atoms with Gasteiger partial charge in [0, 0.05) is 4.88 Å². The Morgan fingerprint density at radius 1 is 1.29 bits per heavy atom. The van der Waals surface area contributed by atoms with Gasteiger partial charge in [-0.3, -0.25) is 4.79 Å². The summed E-state index contributed by atoms with van der Waals surface area (Å²) in [5.74, 6) is 0.409. The highest BCUT2D eigenvalue weighted by Crippen LogP contribution is 2.12. The van der Waals surface area contributed by atoms with Gasteiger partial charge in [0.2, 0.25) is 0 Å². The van der Waals surface area contributed by atoms with Crippen LogP contribution in [-0.2, 0) is 11.2 Å². The molecule has 0 aliphatic carbocycles. The number of amides is 1. The summed E-state index contributed by atoms with van der Waals surface area (Å²) in [5.41, 5.74) is 4.52. The van der Waals surface area contributed by atoms with E-state index in [2.05, 4.69) is 17.5 Å². The van der Waals surface area contributed by atoms with Crippen molar-refractivity contribution in [1.82, 2.24) is 5.43 Å². The Hall–Kier alpha value is -2.14. The van der Waals surface area contributed by atoms with Gasteiger partial charge in [-0.2, -0.15) is 5.10 Å². The van der Waals surface area contributed by atoms with Crippen LogP contribution in [0.2, 0.25) is 0 Å². The second-order valence-electron chi connectivity index (χ2n) is 4.50. The molecule has 0 saturated carbocycles. The van der Waals surface area contributed by atoms with Gasteiger partial charge in [-0.1, -0.05) is 25.1 Å². The minimum atomic E-state index is -0.273. The van der Waals surface area contributed by atoms with Gasteiger partial charge < -0.3 is 4.74 Å². The molecule has 1 aromatic carbocycles. The molecule has 0 aliphatic heterocycles. The maximum atomic E-state index is 11.7. The van der Waals surface area contributed by atoms with E-state index >= 15 is 0 Å². The number of carbonyl (C=O) groups is 1. The molecule has 110 valence electrons. The maximum absolute atomic E-state index is 11.7. The zero-order chi connectivity index (χ0) is 15.1. The summed E-state index contributed by atoms with van der Waals surface area (Å²) < 4.78 is 5.41. The van der Waals surface area contributed by atoms with Crippen LogP contribution in [0.3, 0.4) is 0 Å². The Bertz CT molecular complexity index is 604. The van der Waals surface area contributed by atoms with Crippen LogP contribution in [0.15, 0.2) is 46.9 Å². The normalized spacial score (nSPS) is 11.2. The first-order chi connectivity index (χ1) is 10.2. The third kappa shape index (κ3) is 4.72. The van der Waals surface area contributed by atoms with E-state index in [9.17, 15) is 4.79 Å². The van der Waals surface area contributed by atoms with E-state index in [1.807, 2.05) is 48.7 Å². The first kappa shape index (κ1) is 15.3. The number of nitrogens with zero attached hydrogens (tertiary/aromatic N) is 1. The number of benzene rings is 1. The molecule has 0 aliphatic rings. The van der Waals surface area contributed by atoms with Crippen LogP contribution in [-0.4, -0.2) is 18.2 Å². The predicted molar refractivity (Wildman–Crippen MR) is 86.0 cm³/mol. The fourth-order valence-corrected chi connectivity index (χ4v) is 2.37. The molecule has 0 bridgehead atoms. The van der Waals surface area contributed by atoms with Crippen molar-refractivity contribution < 1.29 is 9.53 Å². The van der Waals surface area contributed by atoms with Gasteiger partial charge in [-0.15, -0.1) is 11.3 Å².